The molecular formula is C27H78O11Si11. The first-order valence-corrected chi connectivity index (χ1v) is 49.0. The molecule has 22 heteroatoms. The van der Waals surface area contributed by atoms with Gasteiger partial charge in [0.1, 0.15) is 0 Å². The predicted molar refractivity (Wildman–Crippen MR) is 230 cm³/mol. The van der Waals surface area contributed by atoms with Crippen molar-refractivity contribution in [2.45, 2.75) is 170 Å². The molecule has 0 aliphatic rings. The molecule has 0 unspecified atom stereocenters. The summed E-state index contributed by atoms with van der Waals surface area (Å²) in [5, 5.41) is 0. The molecule has 0 radical (unpaired) electrons. The molecule has 0 aromatic heterocycles. The number of hydrogen-bond donors (Lipinski definition) is 0. The standard InChI is InChI=1S/C27H78O11Si11/c1-25-26-27-49(28-2,37-47(23,33-43(15,16)29-39(3,4)5)34-44(17,18)30-40(6,7)8)38-48(24,35-45(19,20)31-41(9,10)11)36-46(21,22)32-42(12,13)14/h25-27H2,1-24H3. The average Bonchev–Trinajstić information content (AvgIpc) is 2.67. The van der Waals surface area contributed by atoms with Gasteiger partial charge in [-0.25, -0.2) is 0 Å². The highest BCUT2D eigenvalue weighted by Gasteiger charge is 2.61. The molecule has 0 heterocycles. The molecule has 0 saturated heterocycles. The van der Waals surface area contributed by atoms with Crippen molar-refractivity contribution in [3.63, 3.8) is 0 Å². The maximum atomic E-state index is 7.27. The lowest BCUT2D eigenvalue weighted by molar-refractivity contribution is 0.107. The van der Waals surface area contributed by atoms with Gasteiger partial charge in [0.15, 0.2) is 33.3 Å². The normalized spacial score (nSPS) is 15.7. The highest BCUT2D eigenvalue weighted by Crippen LogP contribution is 2.36. The van der Waals surface area contributed by atoms with E-state index in [1.807, 2.05) is 13.1 Å². The van der Waals surface area contributed by atoms with Crippen LogP contribution in [0.3, 0.4) is 0 Å². The molecule has 0 aliphatic carbocycles. The number of rotatable bonds is 24. The Morgan fingerprint density at radius 3 is 0.714 bits per heavy atom. The van der Waals surface area contributed by atoms with E-state index >= 15 is 0 Å². The zero-order chi connectivity index (χ0) is 39.4. The van der Waals surface area contributed by atoms with E-state index in [0.717, 1.165) is 12.8 Å². The smallest absolute Gasteiger partial charge is 0.437 e. The lowest BCUT2D eigenvalue weighted by Gasteiger charge is -2.47. The summed E-state index contributed by atoms with van der Waals surface area (Å²) in [5.41, 5.74) is 0. The minimum absolute atomic E-state index is 0.534. The second kappa shape index (κ2) is 17.8. The zero-order valence-electron chi connectivity index (χ0n) is 36.1. The first-order valence-electron chi connectivity index (χ1n) is 17.8. The van der Waals surface area contributed by atoms with E-state index in [9.17, 15) is 0 Å². The summed E-state index contributed by atoms with van der Waals surface area (Å²) >= 11 is 0. The van der Waals surface area contributed by atoms with E-state index in [4.69, 9.17) is 45.6 Å². The fourth-order valence-corrected chi connectivity index (χ4v) is 57.0. The monoisotopic (exact) mass is 886 g/mol. The number of unbranched alkanes of at least 4 members (excludes halogenated alkanes) is 1. The zero-order valence-corrected chi connectivity index (χ0v) is 47.1. The van der Waals surface area contributed by atoms with E-state index in [1.165, 1.54) is 0 Å². The second-order valence-electron chi connectivity index (χ2n) is 18.8. The SMILES string of the molecule is CCCC[Si](OC)(O[Si](C)(O[Si](C)(C)O[Si](C)(C)C)O[Si](C)(C)O[Si](C)(C)C)O[Si](C)(O[Si](C)(C)O[Si](C)(C)C)O[Si](C)(C)O[Si](C)(C)C. The van der Waals surface area contributed by atoms with Crippen LogP contribution in [0.25, 0.3) is 0 Å². The summed E-state index contributed by atoms with van der Waals surface area (Å²) < 4.78 is 75.9. The van der Waals surface area contributed by atoms with Gasteiger partial charge in [0.25, 0.3) is 0 Å². The van der Waals surface area contributed by atoms with E-state index in [0.29, 0.717) is 6.04 Å². The Kier molecular flexibility index (Phi) is 18.5. The van der Waals surface area contributed by atoms with Crippen LogP contribution in [-0.4, -0.2) is 101 Å². The van der Waals surface area contributed by atoms with Crippen LogP contribution in [0.15, 0.2) is 0 Å². The van der Waals surface area contributed by atoms with Crippen molar-refractivity contribution < 1.29 is 45.6 Å². The molecule has 0 atom stereocenters. The third-order valence-electron chi connectivity index (χ3n) is 5.76. The Morgan fingerprint density at radius 2 is 0.551 bits per heavy atom. The third-order valence-corrected chi connectivity index (χ3v) is 44.3. The molecule has 0 fully saturated rings. The molecule has 0 amide bonds. The van der Waals surface area contributed by atoms with Crippen LogP contribution >= 0.6 is 0 Å². The maximum Gasteiger partial charge on any atom is 0.485 e. The molecule has 0 saturated carbocycles. The average molecular weight is 888 g/mol. The van der Waals surface area contributed by atoms with Gasteiger partial charge in [-0.15, -0.1) is 0 Å². The Hall–Kier alpha value is 1.95. The summed E-state index contributed by atoms with van der Waals surface area (Å²) in [6.45, 7) is 48.6. The molecule has 0 aromatic rings. The lowest BCUT2D eigenvalue weighted by atomic mass is 10.4. The van der Waals surface area contributed by atoms with Crippen LogP contribution in [0.2, 0.25) is 150 Å². The molecule has 296 valence electrons. The third kappa shape index (κ3) is 23.5. The first kappa shape index (κ1) is 50.9. The molecule has 0 bridgehead atoms. The molecule has 0 spiro atoms. The summed E-state index contributed by atoms with van der Waals surface area (Å²) in [5.74, 6) is 0. The summed E-state index contributed by atoms with van der Waals surface area (Å²) in [6, 6.07) is 0.534. The topological polar surface area (TPSA) is 102 Å². The van der Waals surface area contributed by atoms with Crippen molar-refractivity contribution in [1.82, 2.24) is 0 Å². The van der Waals surface area contributed by atoms with Crippen LogP contribution in [0.1, 0.15) is 19.8 Å². The Balaban J connectivity index is 7.40. The van der Waals surface area contributed by atoms with E-state index < -0.39 is 93.9 Å². The van der Waals surface area contributed by atoms with Crippen molar-refractivity contribution in [2.24, 2.45) is 0 Å². The van der Waals surface area contributed by atoms with Gasteiger partial charge in [-0.3, -0.25) is 0 Å². The first-order chi connectivity index (χ1) is 21.2. The fraction of sp³-hybridized carbons (Fsp3) is 1.00. The van der Waals surface area contributed by atoms with Gasteiger partial charge in [-0.05, 0) is 137 Å². The highest BCUT2D eigenvalue weighted by molar-refractivity contribution is 6.94. The van der Waals surface area contributed by atoms with Crippen molar-refractivity contribution >= 4 is 93.9 Å². The Labute approximate surface area is 314 Å². The van der Waals surface area contributed by atoms with Crippen molar-refractivity contribution in [3.05, 3.63) is 0 Å². The Morgan fingerprint density at radius 1 is 0.327 bits per heavy atom. The van der Waals surface area contributed by atoms with Crippen LogP contribution in [-0.2, 0) is 45.6 Å². The van der Waals surface area contributed by atoms with Crippen molar-refractivity contribution in [1.29, 1.82) is 0 Å². The van der Waals surface area contributed by atoms with E-state index in [2.05, 4.69) is 138 Å². The van der Waals surface area contributed by atoms with Gasteiger partial charge in [0.05, 0.1) is 0 Å². The van der Waals surface area contributed by atoms with Gasteiger partial charge in [-0.1, -0.05) is 13.3 Å². The highest BCUT2D eigenvalue weighted by atomic mass is 28.6. The summed E-state index contributed by atoms with van der Waals surface area (Å²) in [4.78, 5) is 0. The van der Waals surface area contributed by atoms with Crippen LogP contribution in [0.4, 0.5) is 0 Å². The number of hydrogen-bond acceptors (Lipinski definition) is 11. The van der Waals surface area contributed by atoms with Gasteiger partial charge in [-0.2, -0.15) is 0 Å². The van der Waals surface area contributed by atoms with Gasteiger partial charge in [0, 0.05) is 26.2 Å². The Bertz CT molecular complexity index is 890. The van der Waals surface area contributed by atoms with E-state index in [1.54, 1.807) is 7.11 Å². The molecule has 0 aromatic carbocycles. The molecule has 0 aliphatic heterocycles. The van der Waals surface area contributed by atoms with Crippen molar-refractivity contribution in [3.8, 4) is 0 Å². The van der Waals surface area contributed by atoms with Crippen molar-refractivity contribution in [2.75, 3.05) is 7.11 Å². The molecular weight excluding hydrogens is 809 g/mol. The quantitative estimate of drug-likeness (QED) is 0.0867. The predicted octanol–water partition coefficient (Wildman–Crippen LogP) is 9.82. The summed E-state index contributed by atoms with van der Waals surface area (Å²) in [6.07, 6.45) is 1.73. The second-order valence-corrected chi connectivity index (χ2v) is 60.8. The minimum atomic E-state index is -3.66. The van der Waals surface area contributed by atoms with Gasteiger partial charge < -0.3 is 45.6 Å². The molecule has 0 rings (SSSR count). The van der Waals surface area contributed by atoms with Crippen LogP contribution in [0.5, 0.6) is 0 Å². The maximum absolute atomic E-state index is 7.27. The lowest BCUT2D eigenvalue weighted by Crippen LogP contribution is -2.69. The minimum Gasteiger partial charge on any atom is -0.437 e. The largest absolute Gasteiger partial charge is 0.485 e. The van der Waals surface area contributed by atoms with Gasteiger partial charge in [0.2, 0.25) is 0 Å². The molecule has 49 heavy (non-hydrogen) atoms. The fourth-order valence-electron chi connectivity index (χ4n) is 6.21. The molecule has 0 N–H and O–H groups in total. The van der Waals surface area contributed by atoms with Crippen LogP contribution < -0.4 is 0 Å². The summed E-state index contributed by atoms with van der Waals surface area (Å²) in [7, 11) is -28.2. The molecule has 11 nitrogen and oxygen atoms in total. The van der Waals surface area contributed by atoms with Crippen LogP contribution in [0, 0.1) is 0 Å². The van der Waals surface area contributed by atoms with E-state index in [-0.39, 0.29) is 0 Å². The van der Waals surface area contributed by atoms with Gasteiger partial charge >= 0.3 is 60.7 Å².